The molecule has 0 radical (unpaired) electrons. The van der Waals surface area contributed by atoms with Gasteiger partial charge in [-0.1, -0.05) is 49.4 Å². The molecule has 28 heavy (non-hydrogen) atoms. The summed E-state index contributed by atoms with van der Waals surface area (Å²) in [6.07, 6.45) is 4.87. The number of hydrogen-bond acceptors (Lipinski definition) is 4. The molecule has 5 nitrogen and oxygen atoms in total. The third-order valence-corrected chi connectivity index (χ3v) is 5.47. The molecule has 2 heterocycles. The average molecular weight is 420 g/mol. The zero-order chi connectivity index (χ0) is 20.3. The van der Waals surface area contributed by atoms with Crippen LogP contribution in [0.5, 0.6) is 0 Å². The van der Waals surface area contributed by atoms with Crippen molar-refractivity contribution in [3.8, 4) is 11.3 Å². The Morgan fingerprint density at radius 2 is 1.82 bits per heavy atom. The number of fused-ring (bicyclic) bond motifs is 1. The van der Waals surface area contributed by atoms with Crippen LogP contribution in [0.2, 0.25) is 10.0 Å². The van der Waals surface area contributed by atoms with E-state index in [1.807, 2.05) is 30.8 Å². The Morgan fingerprint density at radius 1 is 1.04 bits per heavy atom. The third kappa shape index (κ3) is 4.26. The van der Waals surface area contributed by atoms with Gasteiger partial charge in [-0.05, 0) is 38.5 Å². The summed E-state index contributed by atoms with van der Waals surface area (Å²) in [5.41, 5.74) is 3.38. The van der Waals surface area contributed by atoms with Crippen LogP contribution in [0.25, 0.3) is 22.3 Å². The lowest BCUT2D eigenvalue weighted by molar-refractivity contribution is 0.646. The van der Waals surface area contributed by atoms with Gasteiger partial charge in [-0.15, -0.1) is 0 Å². The van der Waals surface area contributed by atoms with E-state index < -0.39 is 0 Å². The molecule has 0 spiro atoms. The van der Waals surface area contributed by atoms with Crippen LogP contribution in [0.4, 0.5) is 5.82 Å². The van der Waals surface area contributed by atoms with Gasteiger partial charge in [0, 0.05) is 30.7 Å². The molecule has 0 atom stereocenters. The molecule has 3 rings (SSSR count). The maximum absolute atomic E-state index is 6.48. The quantitative estimate of drug-likeness (QED) is 0.416. The molecule has 0 aliphatic heterocycles. The molecule has 0 N–H and O–H groups in total. The van der Waals surface area contributed by atoms with Crippen LogP contribution in [0, 0.1) is 6.92 Å². The van der Waals surface area contributed by atoms with Crippen molar-refractivity contribution in [2.24, 2.45) is 7.05 Å². The molecular weight excluding hydrogens is 393 g/mol. The SMILES string of the molecule is CCCCCCN(CC)c1nc(C)nc2c(-c3ccc(Cl)cc3Cl)n(C)nc12. The molecule has 3 aromatic rings. The first-order valence-electron chi connectivity index (χ1n) is 9.88. The van der Waals surface area contributed by atoms with E-state index in [9.17, 15) is 0 Å². The van der Waals surface area contributed by atoms with E-state index >= 15 is 0 Å². The molecule has 150 valence electrons. The Morgan fingerprint density at radius 3 is 2.50 bits per heavy atom. The second kappa shape index (κ2) is 9.10. The van der Waals surface area contributed by atoms with Gasteiger partial charge in [0.2, 0.25) is 0 Å². The van der Waals surface area contributed by atoms with Gasteiger partial charge in [0.25, 0.3) is 0 Å². The molecule has 0 fully saturated rings. The summed E-state index contributed by atoms with van der Waals surface area (Å²) in [5.74, 6) is 1.63. The second-order valence-electron chi connectivity index (χ2n) is 7.03. The largest absolute Gasteiger partial charge is 0.355 e. The first-order valence-corrected chi connectivity index (χ1v) is 10.6. The van der Waals surface area contributed by atoms with E-state index in [1.54, 1.807) is 6.07 Å². The second-order valence-corrected chi connectivity index (χ2v) is 7.87. The molecule has 0 aliphatic carbocycles. The summed E-state index contributed by atoms with van der Waals surface area (Å²) in [6.45, 7) is 8.16. The van der Waals surface area contributed by atoms with Crippen molar-refractivity contribution < 1.29 is 0 Å². The van der Waals surface area contributed by atoms with Gasteiger partial charge >= 0.3 is 0 Å². The van der Waals surface area contributed by atoms with E-state index in [2.05, 4.69) is 18.7 Å². The fourth-order valence-corrected chi connectivity index (χ4v) is 4.01. The summed E-state index contributed by atoms with van der Waals surface area (Å²) in [7, 11) is 1.92. The lowest BCUT2D eigenvalue weighted by Crippen LogP contribution is -2.25. The zero-order valence-corrected chi connectivity index (χ0v) is 18.5. The van der Waals surface area contributed by atoms with Crippen LogP contribution in [0.15, 0.2) is 18.2 Å². The van der Waals surface area contributed by atoms with Crippen molar-refractivity contribution in [3.05, 3.63) is 34.1 Å². The molecule has 0 saturated carbocycles. The van der Waals surface area contributed by atoms with E-state index in [-0.39, 0.29) is 0 Å². The van der Waals surface area contributed by atoms with Gasteiger partial charge in [0.1, 0.15) is 11.3 Å². The van der Waals surface area contributed by atoms with E-state index in [1.165, 1.54) is 19.3 Å². The first kappa shape index (κ1) is 20.9. The molecule has 0 saturated heterocycles. The average Bonchev–Trinajstić information content (AvgIpc) is 2.97. The molecule has 0 bridgehead atoms. The van der Waals surface area contributed by atoms with Gasteiger partial charge in [-0.2, -0.15) is 5.10 Å². The summed E-state index contributed by atoms with van der Waals surface area (Å²) in [5, 5.41) is 5.96. The maximum atomic E-state index is 6.48. The van der Waals surface area contributed by atoms with Crippen LogP contribution in [-0.2, 0) is 7.05 Å². The highest BCUT2D eigenvalue weighted by molar-refractivity contribution is 6.36. The van der Waals surface area contributed by atoms with Crippen LogP contribution < -0.4 is 4.90 Å². The van der Waals surface area contributed by atoms with Crippen LogP contribution in [0.1, 0.15) is 45.4 Å². The van der Waals surface area contributed by atoms with Crippen molar-refractivity contribution >= 4 is 40.1 Å². The molecule has 1 aromatic carbocycles. The lowest BCUT2D eigenvalue weighted by Gasteiger charge is -2.22. The molecule has 0 unspecified atom stereocenters. The highest BCUT2D eigenvalue weighted by Gasteiger charge is 2.21. The van der Waals surface area contributed by atoms with Crippen molar-refractivity contribution in [1.29, 1.82) is 0 Å². The standard InChI is InChI=1S/C21H27Cl2N5/c1-5-7-8-9-12-28(6-2)21-19-18(24-14(3)25-21)20(27(4)26-19)16-11-10-15(22)13-17(16)23/h10-11,13H,5-9,12H2,1-4H3. The number of aryl methyl sites for hydroxylation is 2. The number of rotatable bonds is 8. The fraction of sp³-hybridized carbons (Fsp3) is 0.476. The zero-order valence-electron chi connectivity index (χ0n) is 17.0. The summed E-state index contributed by atoms with van der Waals surface area (Å²) < 4.78 is 1.84. The van der Waals surface area contributed by atoms with Gasteiger partial charge in [-0.3, -0.25) is 4.68 Å². The topological polar surface area (TPSA) is 46.8 Å². The Kier molecular flexibility index (Phi) is 6.78. The van der Waals surface area contributed by atoms with Crippen molar-refractivity contribution in [2.45, 2.75) is 46.5 Å². The highest BCUT2D eigenvalue weighted by atomic mass is 35.5. The lowest BCUT2D eigenvalue weighted by atomic mass is 10.1. The summed E-state index contributed by atoms with van der Waals surface area (Å²) >= 11 is 12.6. The number of anilines is 1. The molecule has 0 amide bonds. The minimum Gasteiger partial charge on any atom is -0.355 e. The van der Waals surface area contributed by atoms with Crippen molar-refractivity contribution in [3.63, 3.8) is 0 Å². The Balaban J connectivity index is 2.09. The minimum atomic E-state index is 0.585. The smallest absolute Gasteiger partial charge is 0.160 e. The summed E-state index contributed by atoms with van der Waals surface area (Å²) in [6, 6.07) is 5.50. The minimum absolute atomic E-state index is 0.585. The van der Waals surface area contributed by atoms with Gasteiger partial charge in [0.15, 0.2) is 11.3 Å². The summed E-state index contributed by atoms with van der Waals surface area (Å²) in [4.78, 5) is 11.8. The predicted octanol–water partition coefficient (Wildman–Crippen LogP) is 6.05. The number of hydrogen-bond donors (Lipinski definition) is 0. The number of unbranched alkanes of at least 4 members (excludes halogenated alkanes) is 3. The molecular formula is C21H27Cl2N5. The monoisotopic (exact) mass is 419 g/mol. The van der Waals surface area contributed by atoms with E-state index in [4.69, 9.17) is 38.3 Å². The Labute approximate surface area is 176 Å². The van der Waals surface area contributed by atoms with Gasteiger partial charge in [-0.25, -0.2) is 9.97 Å². The van der Waals surface area contributed by atoms with Gasteiger partial charge < -0.3 is 4.90 Å². The van der Waals surface area contributed by atoms with Crippen molar-refractivity contribution in [1.82, 2.24) is 19.7 Å². The van der Waals surface area contributed by atoms with E-state index in [0.29, 0.717) is 10.0 Å². The third-order valence-electron chi connectivity index (χ3n) is 4.92. The Bertz CT molecular complexity index is 967. The van der Waals surface area contributed by atoms with E-state index in [0.717, 1.165) is 53.4 Å². The van der Waals surface area contributed by atoms with Crippen LogP contribution >= 0.6 is 23.2 Å². The number of halogens is 2. The molecule has 7 heteroatoms. The molecule has 0 aliphatic rings. The van der Waals surface area contributed by atoms with Crippen LogP contribution in [0.3, 0.4) is 0 Å². The maximum Gasteiger partial charge on any atom is 0.160 e. The number of benzene rings is 1. The number of aromatic nitrogens is 4. The molecule has 2 aromatic heterocycles. The first-order chi connectivity index (χ1) is 13.5. The number of nitrogens with zero attached hydrogens (tertiary/aromatic N) is 5. The predicted molar refractivity (Wildman–Crippen MR) is 119 cm³/mol. The fourth-order valence-electron chi connectivity index (χ4n) is 3.51. The van der Waals surface area contributed by atoms with Crippen molar-refractivity contribution in [2.75, 3.05) is 18.0 Å². The highest BCUT2D eigenvalue weighted by Crippen LogP contribution is 2.36. The van der Waals surface area contributed by atoms with Crippen LogP contribution in [-0.4, -0.2) is 32.8 Å². The van der Waals surface area contributed by atoms with Gasteiger partial charge in [0.05, 0.1) is 10.7 Å². The Hall–Kier alpha value is -1.85. The normalized spacial score (nSPS) is 11.4.